The highest BCUT2D eigenvalue weighted by molar-refractivity contribution is 5.71. The number of rotatable bonds is 4. The molecule has 0 amide bonds. The highest BCUT2D eigenvalue weighted by Gasteiger charge is 2.29. The summed E-state index contributed by atoms with van der Waals surface area (Å²) < 4.78 is 12.5. The highest BCUT2D eigenvalue weighted by Crippen LogP contribution is 2.29. The van der Waals surface area contributed by atoms with Crippen molar-refractivity contribution >= 4 is 17.1 Å². The quantitative estimate of drug-likeness (QED) is 0.714. The molecule has 1 aliphatic rings. The predicted molar refractivity (Wildman–Crippen MR) is 71.3 cm³/mol. The summed E-state index contributed by atoms with van der Waals surface area (Å²) in [5, 5.41) is 0. The van der Waals surface area contributed by atoms with Crippen molar-refractivity contribution in [1.82, 2.24) is 19.5 Å². The van der Waals surface area contributed by atoms with Gasteiger partial charge in [0.05, 0.1) is 25.3 Å². The first-order valence-electron chi connectivity index (χ1n) is 6.60. The molecule has 1 aliphatic heterocycles. The van der Waals surface area contributed by atoms with Crippen molar-refractivity contribution in [2.45, 2.75) is 25.2 Å². The van der Waals surface area contributed by atoms with Gasteiger partial charge in [-0.15, -0.1) is 0 Å². The third kappa shape index (κ3) is 2.65. The van der Waals surface area contributed by atoms with E-state index < -0.39 is 5.97 Å². The number of carbonyl (C=O) groups excluding carboxylic acids is 1. The van der Waals surface area contributed by atoms with Gasteiger partial charge in [0.1, 0.15) is 12.8 Å². The lowest BCUT2D eigenvalue weighted by Gasteiger charge is -2.15. The van der Waals surface area contributed by atoms with Crippen LogP contribution in [0.3, 0.4) is 0 Å². The van der Waals surface area contributed by atoms with Gasteiger partial charge in [-0.2, -0.15) is 0 Å². The minimum Gasteiger partial charge on any atom is -0.462 e. The molecule has 3 heterocycles. The molecule has 2 aromatic heterocycles. The highest BCUT2D eigenvalue weighted by atomic mass is 16.6. The lowest BCUT2D eigenvalue weighted by atomic mass is 10.2. The lowest BCUT2D eigenvalue weighted by molar-refractivity contribution is -0.146. The van der Waals surface area contributed by atoms with E-state index in [0.717, 1.165) is 12.8 Å². The number of imidazole rings is 1. The van der Waals surface area contributed by atoms with E-state index in [0.29, 0.717) is 5.65 Å². The van der Waals surface area contributed by atoms with Gasteiger partial charge >= 0.3 is 5.97 Å². The summed E-state index contributed by atoms with van der Waals surface area (Å²) in [5.41, 5.74) is 5.63. The SMILES string of the molecule is NCC(=O)OCC1CCC(n2cnc3c(=O)[nH]cnc32)O1. The van der Waals surface area contributed by atoms with Crippen LogP contribution in [-0.2, 0) is 14.3 Å². The van der Waals surface area contributed by atoms with Crippen molar-refractivity contribution in [1.29, 1.82) is 0 Å². The average molecular weight is 293 g/mol. The van der Waals surface area contributed by atoms with E-state index in [-0.39, 0.29) is 36.6 Å². The fraction of sp³-hybridized carbons (Fsp3) is 0.500. The molecule has 0 radical (unpaired) electrons. The second kappa shape index (κ2) is 5.62. The van der Waals surface area contributed by atoms with Crippen LogP contribution >= 0.6 is 0 Å². The molecule has 21 heavy (non-hydrogen) atoms. The van der Waals surface area contributed by atoms with Crippen LogP contribution in [0.1, 0.15) is 19.1 Å². The second-order valence-corrected chi connectivity index (χ2v) is 4.73. The topological polar surface area (TPSA) is 125 Å². The van der Waals surface area contributed by atoms with Crippen molar-refractivity contribution in [2.75, 3.05) is 13.2 Å². The smallest absolute Gasteiger partial charge is 0.319 e. The maximum absolute atomic E-state index is 11.6. The normalized spacial score (nSPS) is 21.8. The van der Waals surface area contributed by atoms with Gasteiger partial charge in [0.25, 0.3) is 5.56 Å². The number of esters is 1. The van der Waals surface area contributed by atoms with Crippen LogP contribution in [0.4, 0.5) is 0 Å². The first-order valence-corrected chi connectivity index (χ1v) is 6.60. The molecule has 3 N–H and O–H groups in total. The number of hydrogen-bond acceptors (Lipinski definition) is 7. The molecular weight excluding hydrogens is 278 g/mol. The third-order valence-corrected chi connectivity index (χ3v) is 3.36. The van der Waals surface area contributed by atoms with E-state index in [9.17, 15) is 9.59 Å². The van der Waals surface area contributed by atoms with Gasteiger partial charge in [0.2, 0.25) is 0 Å². The van der Waals surface area contributed by atoms with E-state index in [2.05, 4.69) is 15.0 Å². The number of ether oxygens (including phenoxy) is 2. The molecule has 0 aromatic carbocycles. The van der Waals surface area contributed by atoms with Crippen LogP contribution in [0.2, 0.25) is 0 Å². The molecule has 1 fully saturated rings. The standard InChI is InChI=1S/C12H15N5O4/c13-3-9(18)20-4-7-1-2-8(21-7)17-6-16-10-11(17)14-5-15-12(10)19/h5-8H,1-4,13H2,(H,14,15,19). The van der Waals surface area contributed by atoms with E-state index in [4.69, 9.17) is 15.2 Å². The zero-order valence-corrected chi connectivity index (χ0v) is 11.2. The summed E-state index contributed by atoms with van der Waals surface area (Å²) in [7, 11) is 0. The fourth-order valence-corrected chi connectivity index (χ4v) is 2.33. The molecule has 9 nitrogen and oxygen atoms in total. The van der Waals surface area contributed by atoms with Gasteiger partial charge < -0.3 is 20.2 Å². The Hall–Kier alpha value is -2.26. The number of nitrogens with one attached hydrogen (secondary N) is 1. The number of aromatic nitrogens is 4. The molecule has 0 bridgehead atoms. The molecule has 2 aromatic rings. The second-order valence-electron chi connectivity index (χ2n) is 4.73. The number of aromatic amines is 1. The number of fused-ring (bicyclic) bond motifs is 1. The maximum Gasteiger partial charge on any atom is 0.319 e. The van der Waals surface area contributed by atoms with Crippen LogP contribution in [0.15, 0.2) is 17.4 Å². The average Bonchev–Trinajstić information content (AvgIpc) is 3.11. The predicted octanol–water partition coefficient (Wildman–Crippen LogP) is -0.701. The summed E-state index contributed by atoms with van der Waals surface area (Å²) >= 11 is 0. The number of carbonyl (C=O) groups is 1. The summed E-state index contributed by atoms with van der Waals surface area (Å²) in [4.78, 5) is 33.3. The Morgan fingerprint density at radius 3 is 3.19 bits per heavy atom. The minimum absolute atomic E-state index is 0.144. The van der Waals surface area contributed by atoms with Crippen molar-refractivity contribution in [3.63, 3.8) is 0 Å². The largest absolute Gasteiger partial charge is 0.462 e. The van der Waals surface area contributed by atoms with Crippen molar-refractivity contribution in [2.24, 2.45) is 5.73 Å². The van der Waals surface area contributed by atoms with Crippen LogP contribution in [0.25, 0.3) is 11.2 Å². The van der Waals surface area contributed by atoms with E-state index in [1.54, 1.807) is 4.57 Å². The molecule has 9 heteroatoms. The number of nitrogens with two attached hydrogens (primary N) is 1. The van der Waals surface area contributed by atoms with Crippen LogP contribution in [0, 0.1) is 0 Å². The first kappa shape index (κ1) is 13.7. The molecule has 1 saturated heterocycles. The summed E-state index contributed by atoms with van der Waals surface area (Å²) in [6.07, 6.45) is 3.87. The van der Waals surface area contributed by atoms with Crippen molar-refractivity contribution < 1.29 is 14.3 Å². The minimum atomic E-state index is -0.455. The fourth-order valence-electron chi connectivity index (χ4n) is 2.33. The van der Waals surface area contributed by atoms with Crippen molar-refractivity contribution in [3.05, 3.63) is 23.0 Å². The van der Waals surface area contributed by atoms with Gasteiger partial charge in [0.15, 0.2) is 11.2 Å². The van der Waals surface area contributed by atoms with Crippen LogP contribution < -0.4 is 11.3 Å². The Labute approximate surface area is 119 Å². The summed E-state index contributed by atoms with van der Waals surface area (Å²) in [5.74, 6) is -0.455. The number of nitrogens with zero attached hydrogens (tertiary/aromatic N) is 3. The molecule has 0 spiro atoms. The Balaban J connectivity index is 1.72. The van der Waals surface area contributed by atoms with Gasteiger partial charge in [-0.25, -0.2) is 9.97 Å². The first-order chi connectivity index (χ1) is 10.2. The van der Waals surface area contributed by atoms with E-state index in [1.807, 2.05) is 0 Å². The van der Waals surface area contributed by atoms with Gasteiger partial charge in [-0.05, 0) is 12.8 Å². The molecule has 112 valence electrons. The monoisotopic (exact) mass is 293 g/mol. The Morgan fingerprint density at radius 1 is 1.52 bits per heavy atom. The zero-order chi connectivity index (χ0) is 14.8. The van der Waals surface area contributed by atoms with Crippen molar-refractivity contribution in [3.8, 4) is 0 Å². The molecule has 0 saturated carbocycles. The molecule has 2 unspecified atom stereocenters. The van der Waals surface area contributed by atoms with Crippen LogP contribution in [-0.4, -0.2) is 44.7 Å². The Bertz CT molecular complexity index is 709. The summed E-state index contributed by atoms with van der Waals surface area (Å²) in [6, 6.07) is 0. The molecule has 0 aliphatic carbocycles. The Kier molecular flexibility index (Phi) is 3.67. The molecular formula is C12H15N5O4. The zero-order valence-electron chi connectivity index (χ0n) is 11.2. The van der Waals surface area contributed by atoms with E-state index in [1.165, 1.54) is 12.7 Å². The number of H-pyrrole nitrogens is 1. The number of hydrogen-bond donors (Lipinski definition) is 2. The van der Waals surface area contributed by atoms with E-state index >= 15 is 0 Å². The maximum atomic E-state index is 11.6. The summed E-state index contributed by atoms with van der Waals surface area (Å²) in [6.45, 7) is 0.0299. The van der Waals surface area contributed by atoms with Gasteiger partial charge in [0, 0.05) is 0 Å². The Morgan fingerprint density at radius 2 is 2.38 bits per heavy atom. The van der Waals surface area contributed by atoms with Crippen LogP contribution in [0.5, 0.6) is 0 Å². The molecule has 3 rings (SSSR count). The molecule has 2 atom stereocenters. The third-order valence-electron chi connectivity index (χ3n) is 3.36. The van der Waals surface area contributed by atoms with Gasteiger partial charge in [-0.1, -0.05) is 0 Å². The lowest BCUT2D eigenvalue weighted by Crippen LogP contribution is -2.23. The van der Waals surface area contributed by atoms with Gasteiger partial charge in [-0.3, -0.25) is 14.2 Å².